The molecular weight excluding hydrogens is 90.2 g/mol. The van der Waals surface area contributed by atoms with Crippen LogP contribution < -0.4 is 4.13 Å². The Labute approximate surface area is 35.8 Å². The second-order valence-electron chi connectivity index (χ2n) is 0.287. The van der Waals surface area contributed by atoms with Gasteiger partial charge < -0.3 is 0 Å². The topological polar surface area (TPSA) is 12.0 Å². The van der Waals surface area contributed by atoms with Crippen LogP contribution in [-0.4, -0.2) is 6.26 Å². The summed E-state index contributed by atoms with van der Waals surface area (Å²) in [6.45, 7) is 0. The minimum atomic E-state index is 1.42. The van der Waals surface area contributed by atoms with Crippen molar-refractivity contribution in [3.63, 3.8) is 0 Å². The monoisotopic (exact) mass is 94.0 g/mol. The highest BCUT2D eigenvalue weighted by Gasteiger charge is 1.53. The van der Waals surface area contributed by atoms with E-state index in [0.29, 0.717) is 0 Å². The maximum atomic E-state index is 4.27. The van der Waals surface area contributed by atoms with E-state index in [4.69, 9.17) is 0 Å². The van der Waals surface area contributed by atoms with Gasteiger partial charge in [-0.2, -0.15) is 4.13 Å². The van der Waals surface area contributed by atoms with Crippen molar-refractivity contribution in [3.8, 4) is 0 Å². The van der Waals surface area contributed by atoms with E-state index in [1.807, 2.05) is 6.26 Å². The van der Waals surface area contributed by atoms with Crippen LogP contribution in [0.5, 0.6) is 0 Å². The summed E-state index contributed by atoms with van der Waals surface area (Å²) in [5.41, 5.74) is 0. The molecule has 0 unspecified atom stereocenters. The molecule has 0 aliphatic carbocycles. The van der Waals surface area contributed by atoms with Crippen molar-refractivity contribution in [2.24, 2.45) is 0 Å². The Morgan fingerprint density at radius 2 is 2.25 bits per heavy atom. The zero-order valence-corrected chi connectivity index (χ0v) is 3.95. The third-order valence-corrected chi connectivity index (χ3v) is 0.750. The molecule has 0 atom stereocenters. The van der Waals surface area contributed by atoms with Crippen LogP contribution in [-0.2, 0) is 0 Å². The van der Waals surface area contributed by atoms with E-state index < -0.39 is 0 Å². The molecule has 1 nitrogen and oxygen atoms in total. The zero-order chi connectivity index (χ0) is 3.41. The molecule has 25 valence electrons. The number of rotatable bonds is 1. The minimum Gasteiger partial charge on any atom is -0.198 e. The van der Waals surface area contributed by atoms with E-state index in [1.54, 1.807) is 0 Å². The molecule has 0 amide bonds. The van der Waals surface area contributed by atoms with Crippen molar-refractivity contribution in [2.75, 3.05) is 6.26 Å². The number of hydrogen-bond donors (Lipinski definition) is 1. The first-order valence-electron chi connectivity index (χ1n) is 0.816. The minimum absolute atomic E-state index is 1.42. The van der Waals surface area contributed by atoms with Crippen LogP contribution in [0, 0.1) is 0 Å². The predicted molar refractivity (Wildman–Crippen MR) is 24.2 cm³/mol. The second kappa shape index (κ2) is 3.66. The van der Waals surface area contributed by atoms with Gasteiger partial charge in [0.15, 0.2) is 0 Å². The van der Waals surface area contributed by atoms with Crippen molar-refractivity contribution < 1.29 is 0 Å². The van der Waals surface area contributed by atoms with E-state index in [2.05, 4.69) is 16.9 Å². The van der Waals surface area contributed by atoms with Crippen LogP contribution in [0.2, 0.25) is 0 Å². The summed E-state index contributed by atoms with van der Waals surface area (Å²) >= 11 is 5.69. The molecule has 3 heteroatoms. The third-order valence-electron chi connectivity index (χ3n) is 0.0833. The van der Waals surface area contributed by atoms with E-state index in [1.165, 1.54) is 11.9 Å². The summed E-state index contributed by atoms with van der Waals surface area (Å²) in [5, 5.41) is 0. The van der Waals surface area contributed by atoms with Crippen molar-refractivity contribution in [1.82, 2.24) is 4.13 Å². The molecule has 4 heavy (non-hydrogen) atoms. The Morgan fingerprint density at radius 3 is 2.25 bits per heavy atom. The summed E-state index contributed by atoms with van der Waals surface area (Å²) in [7, 11) is 0. The molecule has 0 aromatic carbocycles. The molecule has 0 saturated carbocycles. The SMILES string of the molecule is CSN[S]. The lowest BCUT2D eigenvalue weighted by Crippen LogP contribution is -1.72. The fourth-order valence-electron chi connectivity index (χ4n) is 0. The van der Waals surface area contributed by atoms with Crippen LogP contribution >= 0.6 is 24.8 Å². The van der Waals surface area contributed by atoms with Gasteiger partial charge in [0.2, 0.25) is 0 Å². The molecule has 0 aromatic heterocycles. The highest BCUT2D eigenvalue weighted by Crippen LogP contribution is 1.78. The van der Waals surface area contributed by atoms with Crippen LogP contribution in [0.3, 0.4) is 0 Å². The first kappa shape index (κ1) is 4.66. The van der Waals surface area contributed by atoms with E-state index in [9.17, 15) is 0 Å². The molecule has 0 bridgehead atoms. The fourth-order valence-corrected chi connectivity index (χ4v) is 0. The number of nitrogens with one attached hydrogen (secondary N) is 1. The van der Waals surface area contributed by atoms with Gasteiger partial charge in [-0.25, -0.2) is 0 Å². The second-order valence-corrected chi connectivity index (χ2v) is 1.36. The van der Waals surface area contributed by atoms with Crippen LogP contribution in [0.15, 0.2) is 0 Å². The Bertz CT molecular complexity index is 8.00. The highest BCUT2D eigenvalue weighted by atomic mass is 32.2. The standard InChI is InChI=1S/CH4NS2/c1-4-2-3/h2H,1H3. The fraction of sp³-hybridized carbons (Fsp3) is 1.00. The summed E-state index contributed by atoms with van der Waals surface area (Å²) in [4.78, 5) is 0. The molecular formula is CH4NS2. The smallest absolute Gasteiger partial charge is 0.0169 e. The van der Waals surface area contributed by atoms with Gasteiger partial charge in [0.25, 0.3) is 0 Å². The quantitative estimate of drug-likeness (QED) is 0.486. The predicted octanol–water partition coefficient (Wildman–Crippen LogP) is 0.966. The van der Waals surface area contributed by atoms with Gasteiger partial charge in [-0.15, -0.1) is 0 Å². The molecule has 0 heterocycles. The van der Waals surface area contributed by atoms with Gasteiger partial charge in [0, 0.05) is 12.8 Å². The molecule has 0 rings (SSSR count). The molecule has 0 aliphatic heterocycles. The first-order chi connectivity index (χ1) is 1.91. The summed E-state index contributed by atoms with van der Waals surface area (Å²) in [5.74, 6) is 0. The lowest BCUT2D eigenvalue weighted by molar-refractivity contribution is 1.79. The van der Waals surface area contributed by atoms with Crippen molar-refractivity contribution in [3.05, 3.63) is 0 Å². The van der Waals surface area contributed by atoms with E-state index >= 15 is 0 Å². The summed E-state index contributed by atoms with van der Waals surface area (Å²) < 4.78 is 2.43. The van der Waals surface area contributed by atoms with Gasteiger partial charge in [-0.05, 0) is 6.26 Å². The lowest BCUT2D eigenvalue weighted by atomic mass is 12.0. The third kappa shape index (κ3) is 2.66. The Kier molecular flexibility index (Phi) is 4.26. The van der Waals surface area contributed by atoms with Crippen LogP contribution in [0.4, 0.5) is 0 Å². The molecule has 0 spiro atoms. The zero-order valence-electron chi connectivity index (χ0n) is 2.32. The van der Waals surface area contributed by atoms with Gasteiger partial charge in [-0.3, -0.25) is 0 Å². The Hall–Kier alpha value is 0.660. The molecule has 0 fully saturated rings. The average Bonchev–Trinajstić information content (AvgIpc) is 1.37. The number of hydrogen-bond acceptors (Lipinski definition) is 2. The maximum absolute atomic E-state index is 4.27. The van der Waals surface area contributed by atoms with Crippen molar-refractivity contribution in [1.29, 1.82) is 0 Å². The van der Waals surface area contributed by atoms with E-state index in [0.717, 1.165) is 0 Å². The summed E-state index contributed by atoms with van der Waals surface area (Å²) in [6, 6.07) is 0. The molecule has 0 aliphatic rings. The van der Waals surface area contributed by atoms with Gasteiger partial charge >= 0.3 is 0 Å². The lowest BCUT2D eigenvalue weighted by Gasteiger charge is -1.72. The summed E-state index contributed by atoms with van der Waals surface area (Å²) in [6.07, 6.45) is 1.88. The first-order valence-corrected chi connectivity index (χ1v) is 2.45. The molecule has 0 saturated heterocycles. The molecule has 0 aromatic rings. The van der Waals surface area contributed by atoms with Crippen molar-refractivity contribution >= 4 is 24.8 Å². The molecule has 1 radical (unpaired) electrons. The van der Waals surface area contributed by atoms with Gasteiger partial charge in [-0.1, -0.05) is 11.9 Å². The average molecular weight is 94.2 g/mol. The van der Waals surface area contributed by atoms with Crippen LogP contribution in [0.1, 0.15) is 0 Å². The molecule has 1 N–H and O–H groups in total. The van der Waals surface area contributed by atoms with Gasteiger partial charge in [0.1, 0.15) is 0 Å². The normalized spacial score (nSPS) is 7.50. The maximum Gasteiger partial charge on any atom is 0.0169 e. The largest absolute Gasteiger partial charge is 0.198 e. The highest BCUT2D eigenvalue weighted by molar-refractivity contribution is 8.05. The van der Waals surface area contributed by atoms with Gasteiger partial charge in [0.05, 0.1) is 0 Å². The van der Waals surface area contributed by atoms with Crippen molar-refractivity contribution in [2.45, 2.75) is 0 Å². The Morgan fingerprint density at radius 1 is 2.00 bits per heavy atom. The van der Waals surface area contributed by atoms with E-state index in [-0.39, 0.29) is 0 Å². The Balaban J connectivity index is 1.97. The van der Waals surface area contributed by atoms with Crippen LogP contribution in [0.25, 0.3) is 0 Å².